The summed E-state index contributed by atoms with van der Waals surface area (Å²) in [5.41, 5.74) is 1.74. The fourth-order valence-corrected chi connectivity index (χ4v) is 5.62. The maximum atomic E-state index is 13.4. The number of amides is 1. The van der Waals surface area contributed by atoms with Gasteiger partial charge >= 0.3 is 5.91 Å². The molecule has 1 aliphatic rings. The molecule has 1 atom stereocenters. The number of methoxy groups -OCH3 is 1. The number of fused-ring (bicyclic) bond motifs is 1. The van der Waals surface area contributed by atoms with Gasteiger partial charge in [0.15, 0.2) is 5.13 Å². The second-order valence-corrected chi connectivity index (χ2v) is 9.94. The monoisotopic (exact) mass is 564 g/mol. The zero-order chi connectivity index (χ0) is 25.4. The number of hydrogen-bond donors (Lipinski definition) is 1. The third-order valence-corrected chi connectivity index (χ3v) is 7.35. The molecule has 0 bridgehead atoms. The number of aliphatic hydroxyl groups is 1. The maximum Gasteiger partial charge on any atom is 0.301 e. The van der Waals surface area contributed by atoms with Crippen molar-refractivity contribution in [3.63, 3.8) is 0 Å². The number of benzene rings is 3. The van der Waals surface area contributed by atoms with Crippen LogP contribution < -0.4 is 14.4 Å². The van der Waals surface area contributed by atoms with Gasteiger partial charge in [-0.25, -0.2) is 4.98 Å². The van der Waals surface area contributed by atoms with Crippen molar-refractivity contribution >= 4 is 60.1 Å². The molecule has 1 aliphatic heterocycles. The van der Waals surface area contributed by atoms with Crippen LogP contribution in [0.3, 0.4) is 0 Å². The van der Waals surface area contributed by atoms with Crippen LogP contribution in [0.5, 0.6) is 11.5 Å². The summed E-state index contributed by atoms with van der Waals surface area (Å²) in [6.07, 6.45) is 0. The number of nitrogens with zero attached hydrogens (tertiary/aromatic N) is 2. The zero-order valence-electron chi connectivity index (χ0n) is 19.4. The van der Waals surface area contributed by atoms with Crippen molar-refractivity contribution in [3.05, 3.63) is 87.9 Å². The molecule has 1 amide bonds. The zero-order valence-corrected chi connectivity index (χ0v) is 21.8. The van der Waals surface area contributed by atoms with Crippen LogP contribution in [-0.2, 0) is 9.59 Å². The molecule has 4 aromatic rings. The van der Waals surface area contributed by atoms with Crippen LogP contribution in [0.4, 0.5) is 5.13 Å². The molecule has 9 heteroatoms. The summed E-state index contributed by atoms with van der Waals surface area (Å²) in [7, 11) is 1.54. The average molecular weight is 565 g/mol. The van der Waals surface area contributed by atoms with E-state index in [2.05, 4.69) is 20.9 Å². The number of thiazole rings is 1. The van der Waals surface area contributed by atoms with E-state index >= 15 is 0 Å². The van der Waals surface area contributed by atoms with E-state index in [-0.39, 0.29) is 11.3 Å². The number of ketones is 1. The standard InChI is InChI=1S/C27H21BrN2O5S/c1-3-35-19-11-12-20-21(14-19)36-27(29-20)30-23(16-5-4-6-17(28)13-16)22(25(32)26(30)33)24(31)15-7-9-18(34-2)10-8-15/h4-14,23,31H,3H2,1-2H3. The molecule has 7 nitrogen and oxygen atoms in total. The van der Waals surface area contributed by atoms with E-state index in [1.807, 2.05) is 49.4 Å². The van der Waals surface area contributed by atoms with Gasteiger partial charge in [-0.2, -0.15) is 0 Å². The molecular weight excluding hydrogens is 544 g/mol. The van der Waals surface area contributed by atoms with Gasteiger partial charge in [0.1, 0.15) is 17.3 Å². The summed E-state index contributed by atoms with van der Waals surface area (Å²) in [4.78, 5) is 32.8. The van der Waals surface area contributed by atoms with Crippen LogP contribution in [0.25, 0.3) is 16.0 Å². The number of hydrogen-bond acceptors (Lipinski definition) is 7. The third kappa shape index (κ3) is 4.25. The van der Waals surface area contributed by atoms with Crippen LogP contribution >= 0.6 is 27.3 Å². The summed E-state index contributed by atoms with van der Waals surface area (Å²) < 4.78 is 12.4. The minimum atomic E-state index is -0.864. The quantitative estimate of drug-likeness (QED) is 0.173. The van der Waals surface area contributed by atoms with E-state index in [1.54, 1.807) is 31.4 Å². The Balaban J connectivity index is 1.68. The number of Topliss-reactive ketones (excluding diaryl/α,β-unsaturated/α-hetero) is 1. The number of aromatic nitrogens is 1. The van der Waals surface area contributed by atoms with Gasteiger partial charge in [-0.15, -0.1) is 0 Å². The summed E-state index contributed by atoms with van der Waals surface area (Å²) in [5.74, 6) is -0.480. The van der Waals surface area contributed by atoms with E-state index in [4.69, 9.17) is 9.47 Å². The van der Waals surface area contributed by atoms with Gasteiger partial charge in [0.25, 0.3) is 5.78 Å². The summed E-state index contributed by atoms with van der Waals surface area (Å²) in [6.45, 7) is 2.43. The predicted octanol–water partition coefficient (Wildman–Crippen LogP) is 6.09. The van der Waals surface area contributed by atoms with Gasteiger partial charge in [-0.05, 0) is 67.1 Å². The number of carbonyl (C=O) groups excluding carboxylic acids is 2. The van der Waals surface area contributed by atoms with Crippen molar-refractivity contribution in [1.29, 1.82) is 0 Å². The minimum Gasteiger partial charge on any atom is -0.507 e. The molecule has 5 rings (SSSR count). The Labute approximate surface area is 219 Å². The topological polar surface area (TPSA) is 89.0 Å². The summed E-state index contributed by atoms with van der Waals surface area (Å²) in [5, 5.41) is 11.6. The molecular formula is C27H21BrN2O5S. The van der Waals surface area contributed by atoms with Crippen molar-refractivity contribution in [2.75, 3.05) is 18.6 Å². The van der Waals surface area contributed by atoms with Crippen molar-refractivity contribution in [3.8, 4) is 11.5 Å². The first-order valence-electron chi connectivity index (χ1n) is 11.2. The van der Waals surface area contributed by atoms with Crippen molar-refractivity contribution in [2.45, 2.75) is 13.0 Å². The first-order chi connectivity index (χ1) is 17.4. The lowest BCUT2D eigenvalue weighted by Gasteiger charge is -2.23. The van der Waals surface area contributed by atoms with E-state index in [0.717, 1.165) is 9.17 Å². The Kier molecular flexibility index (Phi) is 6.51. The Bertz CT molecular complexity index is 1510. The normalized spacial score (nSPS) is 17.1. The largest absolute Gasteiger partial charge is 0.507 e. The summed E-state index contributed by atoms with van der Waals surface area (Å²) in [6, 6.07) is 18.6. The van der Waals surface area contributed by atoms with Gasteiger partial charge in [0.2, 0.25) is 0 Å². The number of carbonyl (C=O) groups is 2. The fourth-order valence-electron chi connectivity index (χ4n) is 4.18. The molecule has 182 valence electrons. The van der Waals surface area contributed by atoms with Gasteiger partial charge in [-0.1, -0.05) is 39.4 Å². The Morgan fingerprint density at radius 2 is 1.83 bits per heavy atom. The van der Waals surface area contributed by atoms with E-state index in [0.29, 0.717) is 39.9 Å². The Morgan fingerprint density at radius 3 is 2.53 bits per heavy atom. The van der Waals surface area contributed by atoms with Crippen molar-refractivity contribution in [1.82, 2.24) is 4.98 Å². The lowest BCUT2D eigenvalue weighted by molar-refractivity contribution is -0.132. The highest BCUT2D eigenvalue weighted by atomic mass is 79.9. The second kappa shape index (κ2) is 9.75. The fraction of sp³-hybridized carbons (Fsp3) is 0.148. The maximum absolute atomic E-state index is 13.4. The SMILES string of the molecule is CCOc1ccc2nc(N3C(=O)C(=O)C(=C(O)c4ccc(OC)cc4)C3c3cccc(Br)c3)sc2c1. The highest BCUT2D eigenvalue weighted by molar-refractivity contribution is 9.10. The van der Waals surface area contributed by atoms with Gasteiger partial charge in [-0.3, -0.25) is 14.5 Å². The molecule has 1 unspecified atom stereocenters. The lowest BCUT2D eigenvalue weighted by Crippen LogP contribution is -2.29. The highest BCUT2D eigenvalue weighted by Crippen LogP contribution is 2.45. The number of halogens is 1. The number of ether oxygens (including phenoxy) is 2. The van der Waals surface area contributed by atoms with Gasteiger partial charge in [0.05, 0.1) is 35.5 Å². The van der Waals surface area contributed by atoms with Crippen LogP contribution in [0.15, 0.2) is 76.8 Å². The molecule has 36 heavy (non-hydrogen) atoms. The molecule has 1 aromatic heterocycles. The number of aliphatic hydroxyl groups excluding tert-OH is 1. The van der Waals surface area contributed by atoms with Crippen LogP contribution in [0.1, 0.15) is 24.1 Å². The molecule has 0 spiro atoms. The van der Waals surface area contributed by atoms with Crippen molar-refractivity contribution in [2.24, 2.45) is 0 Å². The smallest absolute Gasteiger partial charge is 0.301 e. The Morgan fingerprint density at radius 1 is 1.08 bits per heavy atom. The van der Waals surface area contributed by atoms with Gasteiger partial charge in [0, 0.05) is 10.0 Å². The third-order valence-electron chi connectivity index (χ3n) is 5.84. The molecule has 1 saturated heterocycles. The highest BCUT2D eigenvalue weighted by Gasteiger charge is 2.48. The number of anilines is 1. The molecule has 0 aliphatic carbocycles. The molecule has 3 aromatic carbocycles. The average Bonchev–Trinajstić information content (AvgIpc) is 3.41. The molecule has 1 fully saturated rings. The first kappa shape index (κ1) is 24.0. The minimum absolute atomic E-state index is 0.00229. The lowest BCUT2D eigenvalue weighted by atomic mass is 9.95. The van der Waals surface area contributed by atoms with Crippen LogP contribution in [0, 0.1) is 0 Å². The Hall–Kier alpha value is -3.69. The molecule has 2 heterocycles. The van der Waals surface area contributed by atoms with Gasteiger partial charge < -0.3 is 14.6 Å². The van der Waals surface area contributed by atoms with Crippen molar-refractivity contribution < 1.29 is 24.2 Å². The predicted molar refractivity (Wildman–Crippen MR) is 143 cm³/mol. The number of rotatable bonds is 6. The molecule has 0 radical (unpaired) electrons. The first-order valence-corrected chi connectivity index (χ1v) is 12.8. The second-order valence-electron chi connectivity index (χ2n) is 8.01. The van der Waals surface area contributed by atoms with E-state index in [1.165, 1.54) is 16.2 Å². The molecule has 1 N–H and O–H groups in total. The van der Waals surface area contributed by atoms with E-state index in [9.17, 15) is 14.7 Å². The van der Waals surface area contributed by atoms with Crippen LogP contribution in [0.2, 0.25) is 0 Å². The summed E-state index contributed by atoms with van der Waals surface area (Å²) >= 11 is 4.76. The van der Waals surface area contributed by atoms with E-state index < -0.39 is 17.7 Å². The molecule has 0 saturated carbocycles. The van der Waals surface area contributed by atoms with Crippen LogP contribution in [-0.4, -0.2) is 35.5 Å².